The predicted octanol–water partition coefficient (Wildman–Crippen LogP) is 2.80. The van der Waals surface area contributed by atoms with Crippen molar-refractivity contribution in [2.75, 3.05) is 39.8 Å². The molecule has 1 amide bonds. The van der Waals surface area contributed by atoms with E-state index in [4.69, 9.17) is 0 Å². The van der Waals surface area contributed by atoms with Crippen LogP contribution in [0.2, 0.25) is 0 Å². The second-order valence-corrected chi connectivity index (χ2v) is 6.94. The molecule has 2 rings (SSSR count). The Bertz CT molecular complexity index is 330. The van der Waals surface area contributed by atoms with Gasteiger partial charge in [0.2, 0.25) is 5.91 Å². The van der Waals surface area contributed by atoms with Gasteiger partial charge in [-0.25, -0.2) is 0 Å². The van der Waals surface area contributed by atoms with E-state index in [0.29, 0.717) is 17.9 Å². The van der Waals surface area contributed by atoms with Crippen LogP contribution in [0.1, 0.15) is 46.0 Å². The summed E-state index contributed by atoms with van der Waals surface area (Å²) in [5.74, 6) is 1.61. The number of likely N-dealkylation sites (tertiary alicyclic amines) is 1. The van der Waals surface area contributed by atoms with E-state index in [2.05, 4.69) is 24.1 Å². The van der Waals surface area contributed by atoms with E-state index in [1.54, 1.807) is 0 Å². The van der Waals surface area contributed by atoms with Crippen molar-refractivity contribution < 1.29 is 4.79 Å². The van der Waals surface area contributed by atoms with Crippen molar-refractivity contribution in [3.63, 3.8) is 0 Å². The van der Waals surface area contributed by atoms with Crippen molar-refractivity contribution in [1.82, 2.24) is 15.1 Å². The highest BCUT2D eigenvalue weighted by Gasteiger charge is 2.27. The molecule has 0 aliphatic carbocycles. The first-order chi connectivity index (χ1) is 10.1. The highest BCUT2D eigenvalue weighted by atomic mass is 35.5. The van der Waals surface area contributed by atoms with E-state index < -0.39 is 0 Å². The first kappa shape index (κ1) is 23.0. The van der Waals surface area contributed by atoms with Gasteiger partial charge in [-0.2, -0.15) is 0 Å². The number of hydrogen-bond donors (Lipinski definition) is 1. The van der Waals surface area contributed by atoms with Crippen molar-refractivity contribution in [3.8, 4) is 0 Å². The maximum atomic E-state index is 12.5. The Hall–Kier alpha value is -0.0300. The predicted molar refractivity (Wildman–Crippen MR) is 102 cm³/mol. The molecule has 138 valence electrons. The summed E-state index contributed by atoms with van der Waals surface area (Å²) in [7, 11) is 2.02. The maximum Gasteiger partial charge on any atom is 0.222 e. The third-order valence-corrected chi connectivity index (χ3v) is 5.63. The molecule has 1 N–H and O–H groups in total. The Morgan fingerprint density at radius 1 is 1.17 bits per heavy atom. The van der Waals surface area contributed by atoms with Crippen molar-refractivity contribution in [3.05, 3.63) is 0 Å². The zero-order chi connectivity index (χ0) is 15.2. The lowest BCUT2D eigenvalue weighted by molar-refractivity contribution is -0.134. The Kier molecular flexibility index (Phi) is 11.5. The number of nitrogens with zero attached hydrogens (tertiary/aromatic N) is 2. The Morgan fingerprint density at radius 3 is 2.26 bits per heavy atom. The van der Waals surface area contributed by atoms with E-state index >= 15 is 0 Å². The van der Waals surface area contributed by atoms with Crippen LogP contribution in [-0.2, 0) is 4.79 Å². The molecule has 23 heavy (non-hydrogen) atoms. The van der Waals surface area contributed by atoms with Crippen molar-refractivity contribution in [1.29, 1.82) is 0 Å². The molecule has 4 nitrogen and oxygen atoms in total. The summed E-state index contributed by atoms with van der Waals surface area (Å²) >= 11 is 0. The van der Waals surface area contributed by atoms with E-state index in [9.17, 15) is 4.79 Å². The second-order valence-electron chi connectivity index (χ2n) is 6.94. The number of carbonyl (C=O) groups excluding carboxylic acids is 1. The fourth-order valence-electron chi connectivity index (χ4n) is 3.83. The summed E-state index contributed by atoms with van der Waals surface area (Å²) in [5, 5.41) is 3.41. The molecule has 0 radical (unpaired) electrons. The van der Waals surface area contributed by atoms with Crippen LogP contribution in [0.25, 0.3) is 0 Å². The van der Waals surface area contributed by atoms with Crippen LogP contribution in [0.4, 0.5) is 0 Å². The SMILES string of the molecule is CCN1CCC(N(C)C(=O)CC(C)C2CCNCC2)CC1.Cl.Cl. The lowest BCUT2D eigenvalue weighted by atomic mass is 9.84. The van der Waals surface area contributed by atoms with Gasteiger partial charge in [0.15, 0.2) is 0 Å². The number of halogens is 2. The van der Waals surface area contributed by atoms with Gasteiger partial charge in [-0.3, -0.25) is 4.79 Å². The molecular weight excluding hydrogens is 333 g/mol. The summed E-state index contributed by atoms with van der Waals surface area (Å²) in [4.78, 5) is 17.1. The van der Waals surface area contributed by atoms with Crippen LogP contribution in [0.3, 0.4) is 0 Å². The second kappa shape index (κ2) is 11.5. The Labute approximate surface area is 154 Å². The van der Waals surface area contributed by atoms with Crippen LogP contribution in [0, 0.1) is 11.8 Å². The number of amides is 1. The normalized spacial score (nSPS) is 21.9. The summed E-state index contributed by atoms with van der Waals surface area (Å²) in [5.41, 5.74) is 0. The molecule has 6 heteroatoms. The van der Waals surface area contributed by atoms with Gasteiger partial charge in [-0.1, -0.05) is 13.8 Å². The maximum absolute atomic E-state index is 12.5. The average molecular weight is 368 g/mol. The molecule has 0 aromatic rings. The summed E-state index contributed by atoms with van der Waals surface area (Å²) in [6, 6.07) is 0.459. The van der Waals surface area contributed by atoms with Crippen molar-refractivity contribution in [2.45, 2.75) is 52.0 Å². The molecule has 0 spiro atoms. The number of carbonyl (C=O) groups is 1. The van der Waals surface area contributed by atoms with Crippen LogP contribution < -0.4 is 5.32 Å². The molecule has 0 bridgehead atoms. The smallest absolute Gasteiger partial charge is 0.222 e. The topological polar surface area (TPSA) is 35.6 Å². The van der Waals surface area contributed by atoms with Gasteiger partial charge in [0, 0.05) is 32.6 Å². The van der Waals surface area contributed by atoms with Gasteiger partial charge in [-0.05, 0) is 57.2 Å². The van der Waals surface area contributed by atoms with Gasteiger partial charge in [0.05, 0.1) is 0 Å². The first-order valence-electron chi connectivity index (χ1n) is 8.80. The monoisotopic (exact) mass is 367 g/mol. The molecule has 1 atom stereocenters. The van der Waals surface area contributed by atoms with Crippen LogP contribution in [0.15, 0.2) is 0 Å². The average Bonchev–Trinajstić information content (AvgIpc) is 2.55. The number of nitrogens with one attached hydrogen (secondary N) is 1. The third-order valence-electron chi connectivity index (χ3n) is 5.63. The van der Waals surface area contributed by atoms with Gasteiger partial charge >= 0.3 is 0 Å². The highest BCUT2D eigenvalue weighted by molar-refractivity contribution is 5.85. The minimum atomic E-state index is 0. The number of rotatable bonds is 5. The Morgan fingerprint density at radius 2 is 1.74 bits per heavy atom. The number of piperidine rings is 2. The summed E-state index contributed by atoms with van der Waals surface area (Å²) in [6.07, 6.45) is 5.46. The summed E-state index contributed by atoms with van der Waals surface area (Å²) in [6.45, 7) is 10.1. The fraction of sp³-hybridized carbons (Fsp3) is 0.941. The lowest BCUT2D eigenvalue weighted by Crippen LogP contribution is -2.46. The minimum absolute atomic E-state index is 0. The van der Waals surface area contributed by atoms with Crippen molar-refractivity contribution >= 4 is 30.7 Å². The Balaban J connectivity index is 0.00000242. The van der Waals surface area contributed by atoms with E-state index in [0.717, 1.165) is 57.9 Å². The third kappa shape index (κ3) is 6.77. The highest BCUT2D eigenvalue weighted by Crippen LogP contribution is 2.25. The molecule has 2 aliphatic heterocycles. The van der Waals surface area contributed by atoms with Crippen molar-refractivity contribution in [2.24, 2.45) is 11.8 Å². The largest absolute Gasteiger partial charge is 0.343 e. The minimum Gasteiger partial charge on any atom is -0.343 e. The zero-order valence-corrected chi connectivity index (χ0v) is 16.6. The van der Waals surface area contributed by atoms with E-state index in [-0.39, 0.29) is 24.8 Å². The molecule has 2 heterocycles. The van der Waals surface area contributed by atoms with E-state index in [1.807, 2.05) is 11.9 Å². The molecule has 0 saturated carbocycles. The van der Waals surface area contributed by atoms with Gasteiger partial charge in [-0.15, -0.1) is 24.8 Å². The molecule has 0 aromatic heterocycles. The lowest BCUT2D eigenvalue weighted by Gasteiger charge is -2.37. The number of hydrogen-bond acceptors (Lipinski definition) is 3. The summed E-state index contributed by atoms with van der Waals surface area (Å²) < 4.78 is 0. The first-order valence-corrected chi connectivity index (χ1v) is 8.80. The fourth-order valence-corrected chi connectivity index (χ4v) is 3.83. The zero-order valence-electron chi connectivity index (χ0n) is 14.9. The van der Waals surface area contributed by atoms with Gasteiger partial charge < -0.3 is 15.1 Å². The molecular formula is C17H35Cl2N3O. The van der Waals surface area contributed by atoms with Crippen LogP contribution >= 0.6 is 24.8 Å². The molecule has 2 aliphatic rings. The molecule has 0 aromatic carbocycles. The van der Waals surface area contributed by atoms with E-state index in [1.165, 1.54) is 12.8 Å². The molecule has 2 saturated heterocycles. The standard InChI is InChI=1S/C17H33N3O.2ClH/c1-4-20-11-7-16(8-12-20)19(3)17(21)13-14(2)15-5-9-18-10-6-15;;/h14-16,18H,4-13H2,1-3H3;2*1H. The molecule has 1 unspecified atom stereocenters. The molecule has 2 fully saturated rings. The quantitative estimate of drug-likeness (QED) is 0.811. The van der Waals surface area contributed by atoms with Crippen LogP contribution in [-0.4, -0.2) is 61.5 Å². The van der Waals surface area contributed by atoms with Gasteiger partial charge in [0.25, 0.3) is 0 Å². The van der Waals surface area contributed by atoms with Gasteiger partial charge in [0.1, 0.15) is 0 Å². The van der Waals surface area contributed by atoms with Crippen LogP contribution in [0.5, 0.6) is 0 Å².